The van der Waals surface area contributed by atoms with Crippen molar-refractivity contribution in [1.82, 2.24) is 4.98 Å². The van der Waals surface area contributed by atoms with Crippen LogP contribution >= 0.6 is 0 Å². The third kappa shape index (κ3) is 1.40. The number of aromatic nitrogens is 1. The van der Waals surface area contributed by atoms with Gasteiger partial charge in [-0.3, -0.25) is 0 Å². The lowest BCUT2D eigenvalue weighted by molar-refractivity contribution is 0.0696. The number of rotatable bonds is 2. The summed E-state index contributed by atoms with van der Waals surface area (Å²) in [4.78, 5) is 14.4. The number of aromatic amines is 1. The van der Waals surface area contributed by atoms with E-state index < -0.39 is 5.97 Å². The van der Waals surface area contributed by atoms with E-state index in [-0.39, 0.29) is 0 Å². The van der Waals surface area contributed by atoms with E-state index in [1.165, 1.54) is 5.69 Å². The molecule has 1 heterocycles. The van der Waals surface area contributed by atoms with Crippen LogP contribution in [-0.2, 0) is 6.42 Å². The van der Waals surface area contributed by atoms with Gasteiger partial charge >= 0.3 is 5.97 Å². The van der Waals surface area contributed by atoms with Gasteiger partial charge in [0, 0.05) is 16.6 Å². The molecule has 16 heavy (non-hydrogen) atoms. The smallest absolute Gasteiger partial charge is 0.335 e. The highest BCUT2D eigenvalue weighted by atomic mass is 16.4. The Hall–Kier alpha value is -1.77. The van der Waals surface area contributed by atoms with Crippen molar-refractivity contribution in [2.45, 2.75) is 27.2 Å². The van der Waals surface area contributed by atoms with Crippen molar-refractivity contribution < 1.29 is 9.90 Å². The van der Waals surface area contributed by atoms with E-state index in [0.717, 1.165) is 28.5 Å². The molecule has 0 bridgehead atoms. The maximum absolute atomic E-state index is 11.0. The summed E-state index contributed by atoms with van der Waals surface area (Å²) < 4.78 is 0. The summed E-state index contributed by atoms with van der Waals surface area (Å²) >= 11 is 0. The first-order valence-electron chi connectivity index (χ1n) is 5.40. The Morgan fingerprint density at radius 2 is 2.00 bits per heavy atom. The number of benzene rings is 1. The van der Waals surface area contributed by atoms with E-state index in [4.69, 9.17) is 5.11 Å². The molecular formula is C13H15NO2. The highest BCUT2D eigenvalue weighted by Crippen LogP contribution is 2.27. The number of carboxylic acids is 1. The quantitative estimate of drug-likeness (QED) is 0.812. The number of aryl methyl sites for hydroxylation is 3. The molecule has 0 atom stereocenters. The molecule has 0 spiro atoms. The number of hydrogen-bond donors (Lipinski definition) is 2. The van der Waals surface area contributed by atoms with Crippen LogP contribution in [0.2, 0.25) is 0 Å². The highest BCUT2D eigenvalue weighted by molar-refractivity contribution is 5.98. The molecule has 84 valence electrons. The van der Waals surface area contributed by atoms with E-state index in [9.17, 15) is 4.79 Å². The number of carbonyl (C=O) groups is 1. The summed E-state index contributed by atoms with van der Waals surface area (Å²) in [6, 6.07) is 3.51. The zero-order valence-electron chi connectivity index (χ0n) is 9.72. The minimum Gasteiger partial charge on any atom is -0.478 e. The summed E-state index contributed by atoms with van der Waals surface area (Å²) in [5.74, 6) is -0.863. The Labute approximate surface area is 94.1 Å². The molecule has 0 saturated carbocycles. The predicted molar refractivity (Wildman–Crippen MR) is 64.1 cm³/mol. The summed E-state index contributed by atoms with van der Waals surface area (Å²) in [5, 5.41) is 10.1. The Morgan fingerprint density at radius 3 is 2.56 bits per heavy atom. The Kier molecular flexibility index (Phi) is 2.46. The van der Waals surface area contributed by atoms with Gasteiger partial charge in [-0.15, -0.1) is 0 Å². The van der Waals surface area contributed by atoms with Crippen LogP contribution in [0.3, 0.4) is 0 Å². The average molecular weight is 217 g/mol. The number of H-pyrrole nitrogens is 1. The van der Waals surface area contributed by atoms with Gasteiger partial charge in [-0.25, -0.2) is 4.79 Å². The maximum atomic E-state index is 11.0. The van der Waals surface area contributed by atoms with Crippen LogP contribution < -0.4 is 0 Å². The third-order valence-corrected chi connectivity index (χ3v) is 3.16. The molecule has 2 aromatic rings. The second-order valence-electron chi connectivity index (χ2n) is 4.05. The lowest BCUT2D eigenvalue weighted by Crippen LogP contribution is -1.99. The van der Waals surface area contributed by atoms with Crippen molar-refractivity contribution in [3.8, 4) is 0 Å². The molecule has 2 N–H and O–H groups in total. The van der Waals surface area contributed by atoms with Crippen molar-refractivity contribution in [2.24, 2.45) is 0 Å². The fourth-order valence-electron chi connectivity index (χ4n) is 2.29. The van der Waals surface area contributed by atoms with Gasteiger partial charge < -0.3 is 10.1 Å². The van der Waals surface area contributed by atoms with Crippen LogP contribution in [0.1, 0.15) is 34.1 Å². The minimum atomic E-state index is -0.863. The minimum absolute atomic E-state index is 0.386. The molecule has 0 aliphatic rings. The number of fused-ring (bicyclic) bond motifs is 1. The molecule has 3 heteroatoms. The lowest BCUT2D eigenvalue weighted by atomic mass is 10.0. The molecule has 0 aliphatic heterocycles. The molecule has 0 aliphatic carbocycles. The van der Waals surface area contributed by atoms with Crippen LogP contribution in [0.25, 0.3) is 10.9 Å². The second kappa shape index (κ2) is 3.67. The Bertz CT molecular complexity index is 567. The van der Waals surface area contributed by atoms with Gasteiger partial charge in [0.05, 0.1) is 5.56 Å². The number of hydrogen-bond acceptors (Lipinski definition) is 1. The van der Waals surface area contributed by atoms with Gasteiger partial charge in [-0.1, -0.05) is 6.92 Å². The molecule has 2 rings (SSSR count). The molecule has 0 radical (unpaired) electrons. The van der Waals surface area contributed by atoms with Crippen molar-refractivity contribution in [2.75, 3.05) is 0 Å². The van der Waals surface area contributed by atoms with Gasteiger partial charge in [-0.2, -0.15) is 0 Å². The Balaban J connectivity index is 2.82. The fraction of sp³-hybridized carbons (Fsp3) is 0.308. The molecule has 1 aromatic heterocycles. The van der Waals surface area contributed by atoms with Crippen molar-refractivity contribution in [3.05, 3.63) is 34.5 Å². The molecule has 1 aromatic carbocycles. The largest absolute Gasteiger partial charge is 0.478 e. The number of nitrogens with one attached hydrogen (secondary N) is 1. The predicted octanol–water partition coefficient (Wildman–Crippen LogP) is 3.05. The molecule has 0 saturated heterocycles. The first kappa shape index (κ1) is 10.7. The van der Waals surface area contributed by atoms with Gasteiger partial charge in [0.1, 0.15) is 0 Å². The summed E-state index contributed by atoms with van der Waals surface area (Å²) in [6.07, 6.45) is 0.933. The first-order valence-corrected chi connectivity index (χ1v) is 5.40. The Morgan fingerprint density at radius 1 is 1.31 bits per heavy atom. The van der Waals surface area contributed by atoms with E-state index in [0.29, 0.717) is 5.56 Å². The summed E-state index contributed by atoms with van der Waals surface area (Å²) in [7, 11) is 0. The van der Waals surface area contributed by atoms with E-state index >= 15 is 0 Å². The van der Waals surface area contributed by atoms with Gasteiger partial charge in [0.15, 0.2) is 0 Å². The normalized spacial score (nSPS) is 10.9. The monoisotopic (exact) mass is 217 g/mol. The summed E-state index contributed by atoms with van der Waals surface area (Å²) in [5.41, 5.74) is 4.60. The van der Waals surface area contributed by atoms with Crippen LogP contribution in [-0.4, -0.2) is 16.1 Å². The third-order valence-electron chi connectivity index (χ3n) is 3.16. The van der Waals surface area contributed by atoms with Crippen molar-refractivity contribution in [3.63, 3.8) is 0 Å². The molecule has 0 fully saturated rings. The van der Waals surface area contributed by atoms with Crippen LogP contribution in [0.15, 0.2) is 12.1 Å². The zero-order valence-corrected chi connectivity index (χ0v) is 9.72. The number of aromatic carboxylic acids is 1. The van der Waals surface area contributed by atoms with E-state index in [1.807, 2.05) is 19.9 Å². The fourth-order valence-corrected chi connectivity index (χ4v) is 2.29. The van der Waals surface area contributed by atoms with E-state index in [1.54, 1.807) is 6.07 Å². The molecule has 0 amide bonds. The first-order chi connectivity index (χ1) is 7.56. The average Bonchev–Trinajstić information content (AvgIpc) is 2.56. The van der Waals surface area contributed by atoms with Crippen LogP contribution in [0, 0.1) is 13.8 Å². The van der Waals surface area contributed by atoms with Gasteiger partial charge in [0.25, 0.3) is 0 Å². The number of carboxylic acid groups (broad SMARTS) is 1. The molecule has 0 unspecified atom stereocenters. The molecular weight excluding hydrogens is 202 g/mol. The topological polar surface area (TPSA) is 53.1 Å². The van der Waals surface area contributed by atoms with Crippen molar-refractivity contribution >= 4 is 16.9 Å². The van der Waals surface area contributed by atoms with Gasteiger partial charge in [0.2, 0.25) is 0 Å². The van der Waals surface area contributed by atoms with E-state index in [2.05, 4.69) is 11.9 Å². The van der Waals surface area contributed by atoms with Crippen LogP contribution in [0.5, 0.6) is 0 Å². The summed E-state index contributed by atoms with van der Waals surface area (Å²) in [6.45, 7) is 5.99. The second-order valence-corrected chi connectivity index (χ2v) is 4.05. The maximum Gasteiger partial charge on any atom is 0.335 e. The lowest BCUT2D eigenvalue weighted by Gasteiger charge is -2.03. The SMILES string of the molecule is CCc1[nH]c2ccc(C(=O)O)c(C)c2c1C. The van der Waals surface area contributed by atoms with Gasteiger partial charge in [-0.05, 0) is 43.5 Å². The zero-order chi connectivity index (χ0) is 11.9. The standard InChI is InChI=1S/C13H15NO2/c1-4-10-8(3)12-7(2)9(13(15)16)5-6-11(12)14-10/h5-6,14H,4H2,1-3H3,(H,15,16). The van der Waals surface area contributed by atoms with Crippen LogP contribution in [0.4, 0.5) is 0 Å². The highest BCUT2D eigenvalue weighted by Gasteiger charge is 2.14. The molecule has 3 nitrogen and oxygen atoms in total. The van der Waals surface area contributed by atoms with Crippen molar-refractivity contribution in [1.29, 1.82) is 0 Å².